The third kappa shape index (κ3) is 4.53. The van der Waals surface area contributed by atoms with Crippen LogP contribution in [-0.4, -0.2) is 13.1 Å². The fourth-order valence-corrected chi connectivity index (χ4v) is 3.67. The Labute approximate surface area is 151 Å². The summed E-state index contributed by atoms with van der Waals surface area (Å²) in [6.07, 6.45) is 2.88. The molecule has 0 heterocycles. The molecule has 0 bridgehead atoms. The Morgan fingerprint density at radius 2 is 2.00 bits per heavy atom. The van der Waals surface area contributed by atoms with Gasteiger partial charge in [-0.25, -0.2) is 4.79 Å². The lowest BCUT2D eigenvalue weighted by Crippen LogP contribution is -1.93. The molecule has 0 spiro atoms. The summed E-state index contributed by atoms with van der Waals surface area (Å²) in [6.45, 7) is 0. The standard InChI is InChI=1S/C16H11BrCl2O2S/c1-21-14(20)8-6-10-5-7-13(16(19)15(10)18)22-12-4-2-3-11(17)9-12/h2-9H,1H3/b8-6+. The second kappa shape index (κ2) is 8.06. The number of hydrogen-bond donors (Lipinski definition) is 0. The van der Waals surface area contributed by atoms with Crippen LogP contribution in [-0.2, 0) is 9.53 Å². The number of ether oxygens (including phenoxy) is 1. The molecule has 0 aliphatic rings. The monoisotopic (exact) mass is 416 g/mol. The van der Waals surface area contributed by atoms with Crippen LogP contribution in [0.25, 0.3) is 6.08 Å². The van der Waals surface area contributed by atoms with Gasteiger partial charge in [-0.05, 0) is 35.9 Å². The van der Waals surface area contributed by atoms with Gasteiger partial charge in [0.05, 0.1) is 17.2 Å². The molecule has 0 saturated carbocycles. The SMILES string of the molecule is COC(=O)/C=C/c1ccc(Sc2cccc(Br)c2)c(Cl)c1Cl. The highest BCUT2D eigenvalue weighted by molar-refractivity contribution is 9.10. The van der Waals surface area contributed by atoms with Crippen molar-refractivity contribution in [1.29, 1.82) is 0 Å². The molecule has 0 fully saturated rings. The smallest absolute Gasteiger partial charge is 0.330 e. The van der Waals surface area contributed by atoms with E-state index >= 15 is 0 Å². The van der Waals surface area contributed by atoms with Crippen LogP contribution in [0, 0.1) is 0 Å². The molecule has 0 unspecified atom stereocenters. The number of halogens is 3. The molecule has 0 radical (unpaired) electrons. The zero-order chi connectivity index (χ0) is 16.1. The maximum absolute atomic E-state index is 11.1. The van der Waals surface area contributed by atoms with E-state index in [0.717, 1.165) is 14.3 Å². The van der Waals surface area contributed by atoms with Crippen molar-refractivity contribution >= 4 is 62.9 Å². The van der Waals surface area contributed by atoms with E-state index in [1.54, 1.807) is 6.08 Å². The number of carbonyl (C=O) groups is 1. The molecular formula is C16H11BrCl2O2S. The summed E-state index contributed by atoms with van der Waals surface area (Å²) in [5.41, 5.74) is 0.663. The molecule has 0 aliphatic carbocycles. The number of esters is 1. The topological polar surface area (TPSA) is 26.3 Å². The van der Waals surface area contributed by atoms with Crippen LogP contribution in [0.3, 0.4) is 0 Å². The van der Waals surface area contributed by atoms with Gasteiger partial charge in [0.25, 0.3) is 0 Å². The number of benzene rings is 2. The first kappa shape index (κ1) is 17.4. The third-order valence-corrected chi connectivity index (χ3v) is 5.25. The largest absolute Gasteiger partial charge is 0.466 e. The van der Waals surface area contributed by atoms with Gasteiger partial charge < -0.3 is 4.74 Å². The van der Waals surface area contributed by atoms with Crippen LogP contribution >= 0.6 is 50.9 Å². The van der Waals surface area contributed by atoms with E-state index in [1.807, 2.05) is 36.4 Å². The first-order valence-corrected chi connectivity index (χ1v) is 8.55. The summed E-state index contributed by atoms with van der Waals surface area (Å²) >= 11 is 17.5. The average molecular weight is 418 g/mol. The number of rotatable bonds is 4. The number of carbonyl (C=O) groups excluding carboxylic acids is 1. The summed E-state index contributed by atoms with van der Waals surface area (Å²) in [7, 11) is 1.32. The minimum atomic E-state index is -0.445. The molecule has 2 aromatic carbocycles. The second-order valence-corrected chi connectivity index (χ2v) is 6.98. The van der Waals surface area contributed by atoms with Gasteiger partial charge in [-0.1, -0.05) is 63.0 Å². The van der Waals surface area contributed by atoms with Gasteiger partial charge in [0.2, 0.25) is 0 Å². The molecule has 114 valence electrons. The number of methoxy groups -OCH3 is 1. The summed E-state index contributed by atoms with van der Waals surface area (Å²) in [6, 6.07) is 11.6. The molecule has 0 aromatic heterocycles. The molecule has 2 aromatic rings. The van der Waals surface area contributed by atoms with E-state index in [0.29, 0.717) is 15.6 Å². The van der Waals surface area contributed by atoms with Crippen LogP contribution in [0.2, 0.25) is 10.0 Å². The Balaban J connectivity index is 2.27. The Morgan fingerprint density at radius 1 is 1.23 bits per heavy atom. The van der Waals surface area contributed by atoms with Crippen molar-refractivity contribution in [3.8, 4) is 0 Å². The summed E-state index contributed by atoms with van der Waals surface area (Å²) in [5, 5.41) is 0.862. The van der Waals surface area contributed by atoms with Crippen molar-refractivity contribution in [2.24, 2.45) is 0 Å². The van der Waals surface area contributed by atoms with Crippen LogP contribution in [0.5, 0.6) is 0 Å². The fraction of sp³-hybridized carbons (Fsp3) is 0.0625. The maximum Gasteiger partial charge on any atom is 0.330 e. The average Bonchev–Trinajstić information content (AvgIpc) is 2.51. The number of hydrogen-bond acceptors (Lipinski definition) is 3. The van der Waals surface area contributed by atoms with Gasteiger partial charge in [0.15, 0.2) is 0 Å². The first-order chi connectivity index (χ1) is 10.5. The van der Waals surface area contributed by atoms with Crippen molar-refractivity contribution in [2.75, 3.05) is 7.11 Å². The van der Waals surface area contributed by atoms with E-state index in [2.05, 4.69) is 20.7 Å². The Bertz CT molecular complexity index is 732. The molecule has 0 amide bonds. The fourth-order valence-electron chi connectivity index (χ4n) is 1.64. The van der Waals surface area contributed by atoms with Gasteiger partial charge in [-0.2, -0.15) is 0 Å². The van der Waals surface area contributed by atoms with Crippen LogP contribution in [0.15, 0.2) is 56.7 Å². The molecular weight excluding hydrogens is 407 g/mol. The molecule has 0 N–H and O–H groups in total. The summed E-state index contributed by atoms with van der Waals surface area (Å²) in [4.78, 5) is 13.0. The molecule has 0 atom stereocenters. The van der Waals surface area contributed by atoms with Crippen molar-refractivity contribution in [3.05, 3.63) is 62.6 Å². The minimum Gasteiger partial charge on any atom is -0.466 e. The van der Waals surface area contributed by atoms with Crippen LogP contribution < -0.4 is 0 Å². The van der Waals surface area contributed by atoms with Gasteiger partial charge >= 0.3 is 5.97 Å². The highest BCUT2D eigenvalue weighted by Gasteiger charge is 2.10. The van der Waals surface area contributed by atoms with E-state index in [1.165, 1.54) is 24.9 Å². The van der Waals surface area contributed by atoms with E-state index in [4.69, 9.17) is 23.2 Å². The maximum atomic E-state index is 11.1. The first-order valence-electron chi connectivity index (χ1n) is 6.18. The van der Waals surface area contributed by atoms with Crippen molar-refractivity contribution in [3.63, 3.8) is 0 Å². The Hall–Kier alpha value is -0.940. The second-order valence-electron chi connectivity index (χ2n) is 4.20. The zero-order valence-electron chi connectivity index (χ0n) is 11.5. The van der Waals surface area contributed by atoms with E-state index in [-0.39, 0.29) is 0 Å². The molecule has 0 aliphatic heterocycles. The van der Waals surface area contributed by atoms with Gasteiger partial charge in [0, 0.05) is 20.3 Å². The van der Waals surface area contributed by atoms with Crippen molar-refractivity contribution in [1.82, 2.24) is 0 Å². The third-order valence-electron chi connectivity index (χ3n) is 2.70. The van der Waals surface area contributed by atoms with Crippen LogP contribution in [0.4, 0.5) is 0 Å². The Kier molecular flexibility index (Phi) is 6.38. The highest BCUT2D eigenvalue weighted by atomic mass is 79.9. The quantitative estimate of drug-likeness (QED) is 0.444. The molecule has 22 heavy (non-hydrogen) atoms. The van der Waals surface area contributed by atoms with E-state index in [9.17, 15) is 4.79 Å². The van der Waals surface area contributed by atoms with Gasteiger partial charge in [-0.3, -0.25) is 0 Å². The Morgan fingerprint density at radius 3 is 2.68 bits per heavy atom. The summed E-state index contributed by atoms with van der Waals surface area (Å²) < 4.78 is 5.54. The predicted octanol–water partition coefficient (Wildman–Crippen LogP) is 6.09. The normalized spacial score (nSPS) is 10.9. The zero-order valence-corrected chi connectivity index (χ0v) is 15.4. The van der Waals surface area contributed by atoms with Gasteiger partial charge in [0.1, 0.15) is 0 Å². The van der Waals surface area contributed by atoms with Crippen LogP contribution in [0.1, 0.15) is 5.56 Å². The van der Waals surface area contributed by atoms with Crippen molar-refractivity contribution in [2.45, 2.75) is 9.79 Å². The van der Waals surface area contributed by atoms with E-state index < -0.39 is 5.97 Å². The lowest BCUT2D eigenvalue weighted by Gasteiger charge is -2.08. The molecule has 6 heteroatoms. The van der Waals surface area contributed by atoms with Gasteiger partial charge in [-0.15, -0.1) is 0 Å². The lowest BCUT2D eigenvalue weighted by atomic mass is 10.2. The molecule has 0 saturated heterocycles. The predicted molar refractivity (Wildman–Crippen MR) is 95.8 cm³/mol. The highest BCUT2D eigenvalue weighted by Crippen LogP contribution is 2.39. The molecule has 2 rings (SSSR count). The minimum absolute atomic E-state index is 0.404. The summed E-state index contributed by atoms with van der Waals surface area (Å²) in [5.74, 6) is -0.445. The van der Waals surface area contributed by atoms with Crippen molar-refractivity contribution < 1.29 is 9.53 Å². The lowest BCUT2D eigenvalue weighted by molar-refractivity contribution is -0.134. The molecule has 2 nitrogen and oxygen atoms in total.